The molecule has 0 aliphatic heterocycles. The lowest BCUT2D eigenvalue weighted by molar-refractivity contribution is 0.0164. The number of hydrogen-bond donors (Lipinski definition) is 2. The molecule has 4 N–H and O–H groups in total. The molecule has 0 bridgehead atoms. The van der Waals surface area contributed by atoms with Gasteiger partial charge in [0.15, 0.2) is 0 Å². The van der Waals surface area contributed by atoms with E-state index in [1.807, 2.05) is 0 Å². The molecule has 4 nitrogen and oxygen atoms in total. The van der Waals surface area contributed by atoms with E-state index in [2.05, 4.69) is 6.92 Å². The zero-order valence-corrected chi connectivity index (χ0v) is 11.4. The predicted octanol–water partition coefficient (Wildman–Crippen LogP) is 2.98. The monoisotopic (exact) mass is 262 g/mol. The second-order valence-corrected chi connectivity index (χ2v) is 5.34. The second kappa shape index (κ2) is 5.95. The van der Waals surface area contributed by atoms with Crippen LogP contribution in [0.25, 0.3) is 0 Å². The molecule has 104 valence electrons. The SMILES string of the molecule is CCC1CCC(OC(=O)c2cc(N)cc(N)c2)CC1. The molecule has 0 spiro atoms. The van der Waals surface area contributed by atoms with Gasteiger partial charge in [0.1, 0.15) is 6.10 Å². The molecule has 1 aromatic carbocycles. The van der Waals surface area contributed by atoms with E-state index in [1.54, 1.807) is 18.2 Å². The first-order valence-corrected chi connectivity index (χ1v) is 6.95. The molecule has 4 heteroatoms. The van der Waals surface area contributed by atoms with Gasteiger partial charge >= 0.3 is 5.97 Å². The van der Waals surface area contributed by atoms with Gasteiger partial charge in [-0.1, -0.05) is 13.3 Å². The average Bonchev–Trinajstić information content (AvgIpc) is 2.38. The molecular weight excluding hydrogens is 240 g/mol. The van der Waals surface area contributed by atoms with Gasteiger partial charge in [0.25, 0.3) is 0 Å². The van der Waals surface area contributed by atoms with Gasteiger partial charge in [0.2, 0.25) is 0 Å². The Hall–Kier alpha value is -1.71. The van der Waals surface area contributed by atoms with E-state index < -0.39 is 0 Å². The molecule has 0 aromatic heterocycles. The highest BCUT2D eigenvalue weighted by molar-refractivity contribution is 5.91. The molecule has 1 aromatic rings. The van der Waals surface area contributed by atoms with Crippen molar-refractivity contribution in [1.29, 1.82) is 0 Å². The summed E-state index contributed by atoms with van der Waals surface area (Å²) in [5.74, 6) is 0.469. The number of nitrogen functional groups attached to an aromatic ring is 2. The summed E-state index contributed by atoms with van der Waals surface area (Å²) < 4.78 is 5.53. The van der Waals surface area contributed by atoms with E-state index in [0.29, 0.717) is 16.9 Å². The van der Waals surface area contributed by atoms with Crippen LogP contribution in [0.2, 0.25) is 0 Å². The molecule has 0 atom stereocenters. The zero-order valence-electron chi connectivity index (χ0n) is 11.4. The highest BCUT2D eigenvalue weighted by atomic mass is 16.5. The van der Waals surface area contributed by atoms with Crippen LogP contribution in [0, 0.1) is 5.92 Å². The number of carbonyl (C=O) groups excluding carboxylic acids is 1. The molecule has 0 saturated heterocycles. The van der Waals surface area contributed by atoms with Crippen molar-refractivity contribution in [3.8, 4) is 0 Å². The van der Waals surface area contributed by atoms with Crippen molar-refractivity contribution >= 4 is 17.3 Å². The van der Waals surface area contributed by atoms with Gasteiger partial charge in [-0.2, -0.15) is 0 Å². The minimum absolute atomic E-state index is 0.0398. The van der Waals surface area contributed by atoms with Crippen LogP contribution in [0.1, 0.15) is 49.4 Å². The fourth-order valence-corrected chi connectivity index (χ4v) is 2.67. The third-order valence-corrected chi connectivity index (χ3v) is 3.86. The minimum atomic E-state index is -0.320. The maximum absolute atomic E-state index is 12.0. The first-order valence-electron chi connectivity index (χ1n) is 6.95. The van der Waals surface area contributed by atoms with Crippen LogP contribution in [0.3, 0.4) is 0 Å². The van der Waals surface area contributed by atoms with Crippen molar-refractivity contribution in [3.63, 3.8) is 0 Å². The number of hydrogen-bond acceptors (Lipinski definition) is 4. The van der Waals surface area contributed by atoms with Gasteiger partial charge in [0, 0.05) is 11.4 Å². The number of rotatable bonds is 3. The lowest BCUT2D eigenvalue weighted by atomic mass is 9.86. The Bertz CT molecular complexity index is 431. The Morgan fingerprint density at radius 1 is 1.16 bits per heavy atom. The van der Waals surface area contributed by atoms with Gasteiger partial charge in [-0.15, -0.1) is 0 Å². The third-order valence-electron chi connectivity index (χ3n) is 3.86. The third kappa shape index (κ3) is 3.63. The van der Waals surface area contributed by atoms with Crippen molar-refractivity contribution in [2.45, 2.75) is 45.1 Å². The Balaban J connectivity index is 1.94. The molecule has 0 amide bonds. The second-order valence-electron chi connectivity index (χ2n) is 5.34. The molecule has 19 heavy (non-hydrogen) atoms. The number of anilines is 2. The Morgan fingerprint density at radius 3 is 2.26 bits per heavy atom. The van der Waals surface area contributed by atoms with Gasteiger partial charge in [0.05, 0.1) is 5.56 Å². The number of benzene rings is 1. The fourth-order valence-electron chi connectivity index (χ4n) is 2.67. The van der Waals surface area contributed by atoms with Gasteiger partial charge in [-0.05, 0) is 49.8 Å². The first-order chi connectivity index (χ1) is 9.08. The van der Waals surface area contributed by atoms with Crippen molar-refractivity contribution in [1.82, 2.24) is 0 Å². The van der Waals surface area contributed by atoms with Crippen LogP contribution in [0.15, 0.2) is 18.2 Å². The predicted molar refractivity (Wildman–Crippen MR) is 76.7 cm³/mol. The summed E-state index contributed by atoms with van der Waals surface area (Å²) in [6, 6.07) is 4.84. The molecule has 1 saturated carbocycles. The number of nitrogens with two attached hydrogens (primary N) is 2. The summed E-state index contributed by atoms with van der Waals surface area (Å²) in [6.45, 7) is 2.21. The van der Waals surface area contributed by atoms with Gasteiger partial charge in [-0.3, -0.25) is 0 Å². The highest BCUT2D eigenvalue weighted by Gasteiger charge is 2.23. The standard InChI is InChI=1S/C15H22N2O2/c1-2-10-3-5-14(6-4-10)19-15(18)11-7-12(16)9-13(17)8-11/h7-10,14H,2-6,16-17H2,1H3. The summed E-state index contributed by atoms with van der Waals surface area (Å²) in [5.41, 5.74) is 12.8. The van der Waals surface area contributed by atoms with Gasteiger partial charge < -0.3 is 16.2 Å². The fraction of sp³-hybridized carbons (Fsp3) is 0.533. The summed E-state index contributed by atoms with van der Waals surface area (Å²) in [7, 11) is 0. The van der Waals surface area contributed by atoms with Crippen LogP contribution < -0.4 is 11.5 Å². The molecule has 0 unspecified atom stereocenters. The maximum Gasteiger partial charge on any atom is 0.338 e. The van der Waals surface area contributed by atoms with Crippen molar-refractivity contribution in [2.75, 3.05) is 11.5 Å². The molecule has 1 aliphatic carbocycles. The van der Waals surface area contributed by atoms with Crippen LogP contribution in [-0.2, 0) is 4.74 Å². The summed E-state index contributed by atoms with van der Waals surface area (Å²) in [5, 5.41) is 0. The molecular formula is C15H22N2O2. The maximum atomic E-state index is 12.0. The molecule has 2 rings (SSSR count). The molecule has 0 heterocycles. The van der Waals surface area contributed by atoms with Crippen LogP contribution >= 0.6 is 0 Å². The van der Waals surface area contributed by atoms with E-state index in [1.165, 1.54) is 6.42 Å². The Kier molecular flexibility index (Phi) is 4.30. The lowest BCUT2D eigenvalue weighted by Gasteiger charge is -2.27. The average molecular weight is 262 g/mol. The van der Waals surface area contributed by atoms with Crippen molar-refractivity contribution in [3.05, 3.63) is 23.8 Å². The minimum Gasteiger partial charge on any atom is -0.459 e. The highest BCUT2D eigenvalue weighted by Crippen LogP contribution is 2.29. The normalized spacial score (nSPS) is 23.0. The molecule has 1 aliphatic rings. The van der Waals surface area contributed by atoms with E-state index in [0.717, 1.165) is 31.6 Å². The largest absolute Gasteiger partial charge is 0.459 e. The van der Waals surface area contributed by atoms with E-state index >= 15 is 0 Å². The van der Waals surface area contributed by atoms with E-state index in [-0.39, 0.29) is 12.1 Å². The Morgan fingerprint density at radius 2 is 1.74 bits per heavy atom. The smallest absolute Gasteiger partial charge is 0.338 e. The molecule has 1 fully saturated rings. The van der Waals surface area contributed by atoms with Crippen LogP contribution in [0.4, 0.5) is 11.4 Å². The number of ether oxygens (including phenoxy) is 1. The molecule has 0 radical (unpaired) electrons. The van der Waals surface area contributed by atoms with E-state index in [9.17, 15) is 4.79 Å². The summed E-state index contributed by atoms with van der Waals surface area (Å²) in [6.07, 6.45) is 5.47. The van der Waals surface area contributed by atoms with Crippen molar-refractivity contribution < 1.29 is 9.53 Å². The lowest BCUT2D eigenvalue weighted by Crippen LogP contribution is -2.24. The first kappa shape index (κ1) is 13.7. The topological polar surface area (TPSA) is 78.3 Å². The summed E-state index contributed by atoms with van der Waals surface area (Å²) >= 11 is 0. The number of esters is 1. The summed E-state index contributed by atoms with van der Waals surface area (Å²) in [4.78, 5) is 12.0. The van der Waals surface area contributed by atoms with Crippen LogP contribution in [0.5, 0.6) is 0 Å². The van der Waals surface area contributed by atoms with Crippen molar-refractivity contribution in [2.24, 2.45) is 5.92 Å². The van der Waals surface area contributed by atoms with E-state index in [4.69, 9.17) is 16.2 Å². The van der Waals surface area contributed by atoms with Crippen LogP contribution in [-0.4, -0.2) is 12.1 Å². The zero-order chi connectivity index (χ0) is 13.8. The number of carbonyl (C=O) groups is 1. The van der Waals surface area contributed by atoms with Gasteiger partial charge in [-0.25, -0.2) is 4.79 Å². The quantitative estimate of drug-likeness (QED) is 0.648. The Labute approximate surface area is 114 Å².